The van der Waals surface area contributed by atoms with Crippen LogP contribution in [0.1, 0.15) is 30.3 Å². The summed E-state index contributed by atoms with van der Waals surface area (Å²) in [7, 11) is 0. The number of furan rings is 1. The van der Waals surface area contributed by atoms with Crippen molar-refractivity contribution in [2.24, 2.45) is 0 Å². The Balaban J connectivity index is 1.79. The third-order valence-corrected chi connectivity index (χ3v) is 3.71. The molecule has 0 fully saturated rings. The predicted molar refractivity (Wildman–Crippen MR) is 84.0 cm³/mol. The molecule has 0 bridgehead atoms. The molecule has 108 valence electrons. The molecule has 1 unspecified atom stereocenters. The van der Waals surface area contributed by atoms with Crippen LogP contribution in [0.15, 0.2) is 65.1 Å². The van der Waals surface area contributed by atoms with Gasteiger partial charge in [-0.1, -0.05) is 48.5 Å². The molecule has 1 heterocycles. The molecule has 3 heteroatoms. The van der Waals surface area contributed by atoms with Crippen LogP contribution in [-0.2, 0) is 0 Å². The van der Waals surface area contributed by atoms with Gasteiger partial charge in [0.1, 0.15) is 11.3 Å². The second-order valence-electron chi connectivity index (χ2n) is 5.22. The fourth-order valence-corrected chi connectivity index (χ4v) is 2.54. The van der Waals surface area contributed by atoms with Crippen LogP contribution < -0.4 is 5.32 Å². The highest BCUT2D eigenvalue weighted by Gasteiger charge is 2.17. The minimum atomic E-state index is -0.102. The molecule has 3 rings (SSSR count). The van der Waals surface area contributed by atoms with Crippen molar-refractivity contribution < 1.29 is 9.52 Å². The smallest absolute Gasteiger partial charge is 0.134 e. The van der Waals surface area contributed by atoms with Crippen LogP contribution >= 0.6 is 0 Å². The quantitative estimate of drug-likeness (QED) is 0.747. The van der Waals surface area contributed by atoms with Gasteiger partial charge in [0.2, 0.25) is 0 Å². The Hall–Kier alpha value is -2.10. The maximum Gasteiger partial charge on any atom is 0.134 e. The van der Waals surface area contributed by atoms with Gasteiger partial charge < -0.3 is 9.52 Å². The molecule has 0 aliphatic carbocycles. The van der Waals surface area contributed by atoms with Crippen LogP contribution in [0.2, 0.25) is 0 Å². The minimum Gasteiger partial charge on any atom is -0.459 e. The number of fused-ring (bicyclic) bond motifs is 1. The first kappa shape index (κ1) is 13.9. The number of hydrogen-bond acceptors (Lipinski definition) is 3. The molecule has 0 radical (unpaired) electrons. The summed E-state index contributed by atoms with van der Waals surface area (Å²) < 4.78 is 5.87. The molecule has 2 aromatic carbocycles. The van der Waals surface area contributed by atoms with E-state index < -0.39 is 0 Å². The summed E-state index contributed by atoms with van der Waals surface area (Å²) in [5, 5.41) is 14.1. The summed E-state index contributed by atoms with van der Waals surface area (Å²) in [4.78, 5) is 0. The van der Waals surface area contributed by atoms with E-state index in [2.05, 4.69) is 5.32 Å². The Kier molecular flexibility index (Phi) is 4.04. The number of hydrogen-bond donors (Lipinski definition) is 2. The van der Waals surface area contributed by atoms with Crippen molar-refractivity contribution in [3.8, 4) is 0 Å². The van der Waals surface area contributed by atoms with Gasteiger partial charge in [-0.2, -0.15) is 0 Å². The zero-order chi connectivity index (χ0) is 14.7. The summed E-state index contributed by atoms with van der Waals surface area (Å²) in [5.41, 5.74) is 1.96. The largest absolute Gasteiger partial charge is 0.459 e. The summed E-state index contributed by atoms with van der Waals surface area (Å²) >= 11 is 0. The topological polar surface area (TPSA) is 45.4 Å². The van der Waals surface area contributed by atoms with Crippen molar-refractivity contribution in [2.75, 3.05) is 6.61 Å². The molecule has 0 amide bonds. The maximum atomic E-state index is 9.62. The van der Waals surface area contributed by atoms with E-state index in [1.165, 1.54) is 0 Å². The van der Waals surface area contributed by atoms with Crippen LogP contribution in [0.25, 0.3) is 11.0 Å². The zero-order valence-electron chi connectivity index (χ0n) is 12.0. The maximum absolute atomic E-state index is 9.62. The third-order valence-electron chi connectivity index (χ3n) is 3.71. The zero-order valence-corrected chi connectivity index (χ0v) is 12.0. The van der Waals surface area contributed by atoms with Crippen LogP contribution in [0.3, 0.4) is 0 Å². The van der Waals surface area contributed by atoms with Gasteiger partial charge in [0.15, 0.2) is 0 Å². The number of aliphatic hydroxyl groups is 1. The third kappa shape index (κ3) is 2.99. The lowest BCUT2D eigenvalue weighted by molar-refractivity contribution is 0.231. The van der Waals surface area contributed by atoms with Crippen LogP contribution in [0.5, 0.6) is 0 Å². The van der Waals surface area contributed by atoms with Crippen LogP contribution in [-0.4, -0.2) is 11.7 Å². The Morgan fingerprint density at radius 3 is 2.48 bits per heavy atom. The molecule has 2 N–H and O–H groups in total. The molecule has 0 saturated carbocycles. The van der Waals surface area contributed by atoms with Crippen molar-refractivity contribution in [2.45, 2.75) is 19.0 Å². The van der Waals surface area contributed by atoms with Gasteiger partial charge in [0.05, 0.1) is 18.7 Å². The summed E-state index contributed by atoms with van der Waals surface area (Å²) in [5.74, 6) is 0.880. The van der Waals surface area contributed by atoms with E-state index in [4.69, 9.17) is 4.42 Å². The lowest BCUT2D eigenvalue weighted by Gasteiger charge is -2.20. The summed E-state index contributed by atoms with van der Waals surface area (Å²) in [6, 6.07) is 19.9. The number of nitrogens with one attached hydrogen (secondary N) is 1. The molecule has 0 saturated heterocycles. The fraction of sp³-hybridized carbons (Fsp3) is 0.222. The Labute approximate surface area is 124 Å². The number of aliphatic hydroxyl groups excluding tert-OH is 1. The summed E-state index contributed by atoms with van der Waals surface area (Å²) in [6.07, 6.45) is 0. The molecule has 0 aliphatic rings. The van der Waals surface area contributed by atoms with Gasteiger partial charge in [0, 0.05) is 5.39 Å². The average Bonchev–Trinajstić information content (AvgIpc) is 2.97. The first-order valence-corrected chi connectivity index (χ1v) is 7.18. The van der Waals surface area contributed by atoms with E-state index in [0.29, 0.717) is 0 Å². The molecule has 0 aliphatic heterocycles. The molecule has 3 aromatic rings. The normalized spacial score (nSPS) is 14.2. The molecule has 1 aromatic heterocycles. The van der Waals surface area contributed by atoms with E-state index in [1.807, 2.05) is 67.6 Å². The molecular weight excluding hydrogens is 262 g/mol. The van der Waals surface area contributed by atoms with Gasteiger partial charge in [0.25, 0.3) is 0 Å². The van der Waals surface area contributed by atoms with E-state index in [9.17, 15) is 5.11 Å². The lowest BCUT2D eigenvalue weighted by atomic mass is 10.1. The standard InChI is InChI=1S/C18H19NO2/c1-13(18-11-15-9-5-6-10-17(15)21-18)19-16(12-20)14-7-3-2-4-8-14/h2-11,13,16,19-20H,12H2,1H3/t13?,16-/m0/s1. The van der Waals surface area contributed by atoms with E-state index in [1.54, 1.807) is 0 Å². The van der Waals surface area contributed by atoms with Gasteiger partial charge in [-0.05, 0) is 24.6 Å². The van der Waals surface area contributed by atoms with Crippen molar-refractivity contribution >= 4 is 11.0 Å². The fourth-order valence-electron chi connectivity index (χ4n) is 2.54. The molecule has 21 heavy (non-hydrogen) atoms. The van der Waals surface area contributed by atoms with Crippen molar-refractivity contribution in [3.05, 3.63) is 72.0 Å². The monoisotopic (exact) mass is 281 g/mol. The van der Waals surface area contributed by atoms with Gasteiger partial charge in [-0.15, -0.1) is 0 Å². The highest BCUT2D eigenvalue weighted by atomic mass is 16.3. The first-order chi connectivity index (χ1) is 10.3. The molecule has 0 spiro atoms. The molecular formula is C18H19NO2. The highest BCUT2D eigenvalue weighted by molar-refractivity contribution is 5.77. The van der Waals surface area contributed by atoms with Crippen LogP contribution in [0, 0.1) is 0 Å². The Bertz CT molecular complexity index is 672. The SMILES string of the molecule is CC(N[C@@H](CO)c1ccccc1)c1cc2ccccc2o1. The predicted octanol–water partition coefficient (Wildman–Crippen LogP) is 3.82. The van der Waals surface area contributed by atoms with Crippen LogP contribution in [0.4, 0.5) is 0 Å². The highest BCUT2D eigenvalue weighted by Crippen LogP contribution is 2.25. The second-order valence-corrected chi connectivity index (χ2v) is 5.22. The number of benzene rings is 2. The Morgan fingerprint density at radius 1 is 1.05 bits per heavy atom. The van der Waals surface area contributed by atoms with E-state index in [0.717, 1.165) is 22.3 Å². The first-order valence-electron chi connectivity index (χ1n) is 7.18. The van der Waals surface area contributed by atoms with Crippen molar-refractivity contribution in [1.82, 2.24) is 5.32 Å². The Morgan fingerprint density at radius 2 is 1.76 bits per heavy atom. The van der Waals surface area contributed by atoms with E-state index >= 15 is 0 Å². The van der Waals surface area contributed by atoms with Gasteiger partial charge >= 0.3 is 0 Å². The number of rotatable bonds is 5. The van der Waals surface area contributed by atoms with Crippen molar-refractivity contribution in [1.29, 1.82) is 0 Å². The van der Waals surface area contributed by atoms with Gasteiger partial charge in [-0.25, -0.2) is 0 Å². The second kappa shape index (κ2) is 6.12. The van der Waals surface area contributed by atoms with Gasteiger partial charge in [-0.3, -0.25) is 5.32 Å². The molecule has 3 nitrogen and oxygen atoms in total. The number of para-hydroxylation sites is 1. The minimum absolute atomic E-state index is 0.0229. The lowest BCUT2D eigenvalue weighted by Crippen LogP contribution is -2.27. The van der Waals surface area contributed by atoms with Crippen molar-refractivity contribution in [3.63, 3.8) is 0 Å². The van der Waals surface area contributed by atoms with E-state index in [-0.39, 0.29) is 18.7 Å². The average molecular weight is 281 g/mol. The summed E-state index contributed by atoms with van der Waals surface area (Å²) in [6.45, 7) is 2.10. The molecule has 2 atom stereocenters.